The van der Waals surface area contributed by atoms with Crippen molar-refractivity contribution in [2.75, 3.05) is 0 Å². The summed E-state index contributed by atoms with van der Waals surface area (Å²) in [6.07, 6.45) is 7.54. The third-order valence-corrected chi connectivity index (χ3v) is 2.39. The standard InChI is InChI=1S/C13H21NO3/c1-5-6-7-8-9-10(15)14-11(12(16)17)13(2,3)4/h1,11H,6-9H2,2-4H3,(H,14,15)(H,16,17)/t11-/m1/s1. The summed E-state index contributed by atoms with van der Waals surface area (Å²) in [6.45, 7) is 5.35. The van der Waals surface area contributed by atoms with Gasteiger partial charge in [0.1, 0.15) is 6.04 Å². The van der Waals surface area contributed by atoms with E-state index in [9.17, 15) is 9.59 Å². The van der Waals surface area contributed by atoms with Crippen molar-refractivity contribution in [3.05, 3.63) is 0 Å². The number of carboxylic acids is 1. The van der Waals surface area contributed by atoms with Crippen LogP contribution in [0.2, 0.25) is 0 Å². The van der Waals surface area contributed by atoms with Crippen molar-refractivity contribution in [2.45, 2.75) is 52.5 Å². The fraction of sp³-hybridized carbons (Fsp3) is 0.692. The van der Waals surface area contributed by atoms with Gasteiger partial charge in [-0.15, -0.1) is 12.3 Å². The number of hydrogen-bond donors (Lipinski definition) is 2. The summed E-state index contributed by atoms with van der Waals surface area (Å²) in [6, 6.07) is -0.859. The van der Waals surface area contributed by atoms with Gasteiger partial charge in [0.25, 0.3) is 0 Å². The lowest BCUT2D eigenvalue weighted by Gasteiger charge is -2.27. The molecule has 0 saturated carbocycles. The van der Waals surface area contributed by atoms with Gasteiger partial charge in [-0.1, -0.05) is 20.8 Å². The Balaban J connectivity index is 4.16. The Morgan fingerprint density at radius 1 is 1.35 bits per heavy atom. The second-order valence-corrected chi connectivity index (χ2v) is 5.12. The topological polar surface area (TPSA) is 66.4 Å². The average Bonchev–Trinajstić information content (AvgIpc) is 2.19. The van der Waals surface area contributed by atoms with E-state index in [2.05, 4.69) is 11.2 Å². The van der Waals surface area contributed by atoms with E-state index in [1.165, 1.54) is 0 Å². The minimum absolute atomic E-state index is 0.232. The Bertz CT molecular complexity index is 310. The van der Waals surface area contributed by atoms with Crippen molar-refractivity contribution in [1.82, 2.24) is 5.32 Å². The molecule has 0 aliphatic carbocycles. The Hall–Kier alpha value is -1.50. The molecule has 4 heteroatoms. The predicted molar refractivity (Wildman–Crippen MR) is 66.3 cm³/mol. The summed E-state index contributed by atoms with van der Waals surface area (Å²) >= 11 is 0. The predicted octanol–water partition coefficient (Wildman–Crippen LogP) is 1.80. The maximum absolute atomic E-state index is 11.5. The number of nitrogens with one attached hydrogen (secondary N) is 1. The first-order valence-corrected chi connectivity index (χ1v) is 5.74. The summed E-state index contributed by atoms with van der Waals surface area (Å²) in [7, 11) is 0. The molecule has 1 atom stereocenters. The zero-order valence-corrected chi connectivity index (χ0v) is 10.7. The highest BCUT2D eigenvalue weighted by Gasteiger charge is 2.32. The monoisotopic (exact) mass is 239 g/mol. The van der Waals surface area contributed by atoms with E-state index >= 15 is 0 Å². The van der Waals surface area contributed by atoms with Gasteiger partial charge in [0.15, 0.2) is 0 Å². The molecule has 0 unspecified atom stereocenters. The number of amides is 1. The Morgan fingerprint density at radius 3 is 2.35 bits per heavy atom. The van der Waals surface area contributed by atoms with Crippen LogP contribution in [0.3, 0.4) is 0 Å². The number of carbonyl (C=O) groups is 2. The number of aliphatic carboxylic acids is 1. The van der Waals surface area contributed by atoms with Crippen LogP contribution in [-0.2, 0) is 9.59 Å². The zero-order chi connectivity index (χ0) is 13.5. The molecule has 0 aromatic rings. The van der Waals surface area contributed by atoms with Crippen molar-refractivity contribution in [3.8, 4) is 12.3 Å². The fourth-order valence-electron chi connectivity index (χ4n) is 1.39. The van der Waals surface area contributed by atoms with Crippen LogP contribution in [0.5, 0.6) is 0 Å². The lowest BCUT2D eigenvalue weighted by molar-refractivity contribution is -0.144. The van der Waals surface area contributed by atoms with Crippen LogP contribution >= 0.6 is 0 Å². The molecule has 0 aliphatic heterocycles. The van der Waals surface area contributed by atoms with Crippen LogP contribution < -0.4 is 5.32 Å². The molecule has 0 aromatic carbocycles. The summed E-state index contributed by atoms with van der Waals surface area (Å²) in [4.78, 5) is 22.6. The number of rotatable bonds is 6. The minimum atomic E-state index is -1.01. The smallest absolute Gasteiger partial charge is 0.326 e. The van der Waals surface area contributed by atoms with Crippen LogP contribution in [0, 0.1) is 17.8 Å². The van der Waals surface area contributed by atoms with Crippen molar-refractivity contribution < 1.29 is 14.7 Å². The lowest BCUT2D eigenvalue weighted by Crippen LogP contribution is -2.49. The maximum atomic E-state index is 11.5. The molecule has 0 radical (unpaired) electrons. The molecule has 0 aliphatic rings. The number of carbonyl (C=O) groups excluding carboxylic acids is 1. The second-order valence-electron chi connectivity index (χ2n) is 5.12. The van der Waals surface area contributed by atoms with Crippen molar-refractivity contribution in [3.63, 3.8) is 0 Å². The van der Waals surface area contributed by atoms with E-state index in [0.29, 0.717) is 19.3 Å². The summed E-state index contributed by atoms with van der Waals surface area (Å²) in [5.41, 5.74) is -0.500. The van der Waals surface area contributed by atoms with E-state index in [0.717, 1.165) is 6.42 Å². The molecule has 0 saturated heterocycles. The van der Waals surface area contributed by atoms with Crippen LogP contribution in [-0.4, -0.2) is 23.0 Å². The van der Waals surface area contributed by atoms with E-state index in [-0.39, 0.29) is 5.91 Å². The van der Waals surface area contributed by atoms with Crippen molar-refractivity contribution in [1.29, 1.82) is 0 Å². The second kappa shape index (κ2) is 6.95. The van der Waals surface area contributed by atoms with Crippen LogP contribution in [0.1, 0.15) is 46.5 Å². The molecule has 2 N–H and O–H groups in total. The third-order valence-electron chi connectivity index (χ3n) is 2.39. The maximum Gasteiger partial charge on any atom is 0.326 e. The van der Waals surface area contributed by atoms with Crippen LogP contribution in [0.15, 0.2) is 0 Å². The van der Waals surface area contributed by atoms with Gasteiger partial charge in [-0.2, -0.15) is 0 Å². The first-order chi connectivity index (χ1) is 7.79. The van der Waals surface area contributed by atoms with Gasteiger partial charge in [-0.05, 0) is 18.3 Å². The first-order valence-electron chi connectivity index (χ1n) is 5.74. The van der Waals surface area contributed by atoms with Gasteiger partial charge in [0.05, 0.1) is 0 Å². The third kappa shape index (κ3) is 6.62. The minimum Gasteiger partial charge on any atom is -0.480 e. The molecule has 1 amide bonds. The van der Waals surface area contributed by atoms with Crippen molar-refractivity contribution in [2.24, 2.45) is 5.41 Å². The molecule has 0 fully saturated rings. The lowest BCUT2D eigenvalue weighted by atomic mass is 9.86. The van der Waals surface area contributed by atoms with Crippen molar-refractivity contribution >= 4 is 11.9 Å². The number of terminal acetylenes is 1. The summed E-state index contributed by atoms with van der Waals surface area (Å²) in [5, 5.41) is 11.6. The number of hydrogen-bond acceptors (Lipinski definition) is 2. The average molecular weight is 239 g/mol. The Morgan fingerprint density at radius 2 is 1.94 bits per heavy atom. The SMILES string of the molecule is C#CCCCCC(=O)N[C@H](C(=O)O)C(C)(C)C. The quantitative estimate of drug-likeness (QED) is 0.548. The molecular weight excluding hydrogens is 218 g/mol. The van der Waals surface area contributed by atoms with Gasteiger partial charge in [-0.25, -0.2) is 4.79 Å². The van der Waals surface area contributed by atoms with Crippen LogP contribution in [0.4, 0.5) is 0 Å². The largest absolute Gasteiger partial charge is 0.480 e. The molecule has 0 spiro atoms. The molecular formula is C13H21NO3. The van der Waals surface area contributed by atoms with E-state index in [4.69, 9.17) is 11.5 Å². The molecule has 0 aromatic heterocycles. The number of unbranched alkanes of at least 4 members (excludes halogenated alkanes) is 2. The Labute approximate surface area is 103 Å². The summed E-state index contributed by atoms with van der Waals surface area (Å²) < 4.78 is 0. The zero-order valence-electron chi connectivity index (χ0n) is 10.7. The highest BCUT2D eigenvalue weighted by Crippen LogP contribution is 2.19. The molecule has 96 valence electrons. The molecule has 17 heavy (non-hydrogen) atoms. The van der Waals surface area contributed by atoms with Gasteiger partial charge in [0, 0.05) is 12.8 Å². The summed E-state index contributed by atoms with van der Waals surface area (Å²) in [5.74, 6) is 1.26. The van der Waals surface area contributed by atoms with E-state index in [1.54, 1.807) is 20.8 Å². The van der Waals surface area contributed by atoms with Gasteiger partial charge >= 0.3 is 5.97 Å². The van der Waals surface area contributed by atoms with Crippen LogP contribution in [0.25, 0.3) is 0 Å². The fourth-order valence-corrected chi connectivity index (χ4v) is 1.39. The Kier molecular flexibility index (Phi) is 6.34. The number of carboxylic acid groups (broad SMARTS) is 1. The normalized spacial score (nSPS) is 12.6. The van der Waals surface area contributed by atoms with Gasteiger partial charge in [-0.3, -0.25) is 4.79 Å². The molecule has 4 nitrogen and oxygen atoms in total. The van der Waals surface area contributed by atoms with Gasteiger partial charge in [0.2, 0.25) is 5.91 Å². The highest BCUT2D eigenvalue weighted by atomic mass is 16.4. The molecule has 0 bridgehead atoms. The highest BCUT2D eigenvalue weighted by molar-refractivity contribution is 5.84. The van der Waals surface area contributed by atoms with E-state index in [1.807, 2.05) is 0 Å². The first kappa shape index (κ1) is 15.5. The molecule has 0 heterocycles. The molecule has 0 rings (SSSR count). The van der Waals surface area contributed by atoms with Gasteiger partial charge < -0.3 is 10.4 Å². The van der Waals surface area contributed by atoms with E-state index < -0.39 is 17.4 Å².